The Morgan fingerprint density at radius 3 is 2.28 bits per heavy atom. The van der Waals surface area contributed by atoms with Gasteiger partial charge in [0, 0.05) is 0 Å². The molecule has 1 unspecified atom stereocenters. The van der Waals surface area contributed by atoms with Gasteiger partial charge < -0.3 is 5.32 Å². The van der Waals surface area contributed by atoms with Gasteiger partial charge in [-0.1, -0.05) is 38.1 Å². The van der Waals surface area contributed by atoms with Gasteiger partial charge in [-0.3, -0.25) is 0 Å². The van der Waals surface area contributed by atoms with Crippen molar-refractivity contribution in [2.75, 3.05) is 5.32 Å². The maximum atomic E-state index is 4.02. The third kappa shape index (κ3) is 3.06. The minimum absolute atomic E-state index is 0.307. The minimum atomic E-state index is 0.307. The lowest BCUT2D eigenvalue weighted by molar-refractivity contribution is 0.747. The molecule has 0 aliphatic heterocycles. The first-order valence-electron chi connectivity index (χ1n) is 6.43. The second-order valence-corrected chi connectivity index (χ2v) is 4.33. The van der Waals surface area contributed by atoms with Crippen molar-refractivity contribution in [2.24, 2.45) is 0 Å². The quantitative estimate of drug-likeness (QED) is 0.869. The SMILES string of the molecule is CCc1ccc(C(CC)Nc2cncnc2)cc1. The van der Waals surface area contributed by atoms with Gasteiger partial charge in [0.2, 0.25) is 0 Å². The molecule has 1 aromatic heterocycles. The molecule has 2 rings (SSSR count). The summed E-state index contributed by atoms with van der Waals surface area (Å²) in [6, 6.07) is 9.09. The number of hydrogen-bond acceptors (Lipinski definition) is 3. The highest BCUT2D eigenvalue weighted by Crippen LogP contribution is 2.22. The van der Waals surface area contributed by atoms with E-state index in [2.05, 4.69) is 53.4 Å². The van der Waals surface area contributed by atoms with Crippen LogP contribution in [0.4, 0.5) is 5.69 Å². The summed E-state index contributed by atoms with van der Waals surface area (Å²) in [6.45, 7) is 4.35. The molecule has 2 aromatic rings. The van der Waals surface area contributed by atoms with Crippen LogP contribution in [0.15, 0.2) is 43.0 Å². The lowest BCUT2D eigenvalue weighted by Gasteiger charge is -2.18. The van der Waals surface area contributed by atoms with Crippen molar-refractivity contribution in [3.05, 3.63) is 54.1 Å². The van der Waals surface area contributed by atoms with Crippen LogP contribution < -0.4 is 5.32 Å². The average Bonchev–Trinajstić information content (AvgIpc) is 2.46. The molecule has 0 spiro atoms. The van der Waals surface area contributed by atoms with Gasteiger partial charge in [-0.2, -0.15) is 0 Å². The Balaban J connectivity index is 2.12. The van der Waals surface area contributed by atoms with E-state index in [0.29, 0.717) is 6.04 Å². The predicted molar refractivity (Wildman–Crippen MR) is 74.5 cm³/mol. The van der Waals surface area contributed by atoms with E-state index in [1.807, 2.05) is 0 Å². The van der Waals surface area contributed by atoms with E-state index in [4.69, 9.17) is 0 Å². The molecule has 0 amide bonds. The number of hydrogen-bond donors (Lipinski definition) is 1. The highest BCUT2D eigenvalue weighted by atomic mass is 15.0. The highest BCUT2D eigenvalue weighted by molar-refractivity contribution is 5.41. The summed E-state index contributed by atoms with van der Waals surface area (Å²) in [5.74, 6) is 0. The molecular formula is C15H19N3. The standard InChI is InChI=1S/C15H19N3/c1-3-12-5-7-13(8-6-12)15(4-2)18-14-9-16-11-17-10-14/h5-11,15,18H,3-4H2,1-2H3. The Morgan fingerprint density at radius 1 is 1.06 bits per heavy atom. The van der Waals surface area contributed by atoms with Gasteiger partial charge in [0.15, 0.2) is 0 Å². The van der Waals surface area contributed by atoms with Gasteiger partial charge in [-0.15, -0.1) is 0 Å². The Labute approximate surface area is 108 Å². The normalized spacial score (nSPS) is 12.1. The fourth-order valence-electron chi connectivity index (χ4n) is 1.98. The summed E-state index contributed by atoms with van der Waals surface area (Å²) < 4.78 is 0. The van der Waals surface area contributed by atoms with Crippen molar-refractivity contribution in [3.63, 3.8) is 0 Å². The maximum absolute atomic E-state index is 4.02. The molecule has 18 heavy (non-hydrogen) atoms. The van der Waals surface area contributed by atoms with E-state index in [-0.39, 0.29) is 0 Å². The topological polar surface area (TPSA) is 37.8 Å². The fraction of sp³-hybridized carbons (Fsp3) is 0.333. The summed E-state index contributed by atoms with van der Waals surface area (Å²) in [6.07, 6.45) is 7.26. The zero-order valence-electron chi connectivity index (χ0n) is 10.9. The van der Waals surface area contributed by atoms with Crippen molar-refractivity contribution in [1.29, 1.82) is 0 Å². The predicted octanol–water partition coefficient (Wildman–Crippen LogP) is 3.60. The van der Waals surface area contributed by atoms with Gasteiger partial charge in [-0.05, 0) is 24.0 Å². The van der Waals surface area contributed by atoms with Crippen LogP contribution in [0.5, 0.6) is 0 Å². The molecule has 0 saturated carbocycles. The smallest absolute Gasteiger partial charge is 0.115 e. The summed E-state index contributed by atoms with van der Waals surface area (Å²) in [5.41, 5.74) is 3.64. The number of nitrogens with one attached hydrogen (secondary N) is 1. The molecule has 0 saturated heterocycles. The average molecular weight is 241 g/mol. The van der Waals surface area contributed by atoms with Crippen LogP contribution in [-0.2, 0) is 6.42 Å². The van der Waals surface area contributed by atoms with Crippen LogP contribution in [0.3, 0.4) is 0 Å². The van der Waals surface area contributed by atoms with Crippen molar-refractivity contribution < 1.29 is 0 Å². The van der Waals surface area contributed by atoms with Crippen molar-refractivity contribution in [3.8, 4) is 0 Å². The number of benzene rings is 1. The van der Waals surface area contributed by atoms with Crippen LogP contribution in [0, 0.1) is 0 Å². The molecule has 0 radical (unpaired) electrons. The Hall–Kier alpha value is -1.90. The number of nitrogens with zero attached hydrogens (tertiary/aromatic N) is 2. The summed E-state index contributed by atoms with van der Waals surface area (Å²) in [4.78, 5) is 8.04. The van der Waals surface area contributed by atoms with Gasteiger partial charge in [0.25, 0.3) is 0 Å². The summed E-state index contributed by atoms with van der Waals surface area (Å²) >= 11 is 0. The summed E-state index contributed by atoms with van der Waals surface area (Å²) in [7, 11) is 0. The van der Waals surface area contributed by atoms with E-state index < -0.39 is 0 Å². The first-order valence-corrected chi connectivity index (χ1v) is 6.43. The minimum Gasteiger partial charge on any atom is -0.376 e. The van der Waals surface area contributed by atoms with Crippen LogP contribution in [0.1, 0.15) is 37.4 Å². The summed E-state index contributed by atoms with van der Waals surface area (Å²) in [5, 5.41) is 3.46. The van der Waals surface area contributed by atoms with Gasteiger partial charge in [0.05, 0.1) is 24.1 Å². The Morgan fingerprint density at radius 2 is 1.72 bits per heavy atom. The molecule has 0 aliphatic rings. The zero-order chi connectivity index (χ0) is 12.8. The molecule has 0 bridgehead atoms. The van der Waals surface area contributed by atoms with Crippen LogP contribution in [-0.4, -0.2) is 9.97 Å². The number of anilines is 1. The molecule has 3 heteroatoms. The van der Waals surface area contributed by atoms with Crippen LogP contribution in [0.2, 0.25) is 0 Å². The second kappa shape index (κ2) is 6.15. The van der Waals surface area contributed by atoms with Crippen molar-refractivity contribution in [1.82, 2.24) is 9.97 Å². The molecule has 1 N–H and O–H groups in total. The Kier molecular flexibility index (Phi) is 4.29. The molecule has 3 nitrogen and oxygen atoms in total. The van der Waals surface area contributed by atoms with Gasteiger partial charge >= 0.3 is 0 Å². The van der Waals surface area contributed by atoms with Gasteiger partial charge in [0.1, 0.15) is 6.33 Å². The molecule has 94 valence electrons. The van der Waals surface area contributed by atoms with E-state index in [0.717, 1.165) is 18.5 Å². The first kappa shape index (κ1) is 12.6. The van der Waals surface area contributed by atoms with E-state index in [9.17, 15) is 0 Å². The lowest BCUT2D eigenvalue weighted by atomic mass is 10.0. The lowest BCUT2D eigenvalue weighted by Crippen LogP contribution is -2.10. The third-order valence-electron chi connectivity index (χ3n) is 3.10. The number of aromatic nitrogens is 2. The van der Waals surface area contributed by atoms with E-state index in [1.54, 1.807) is 18.7 Å². The Bertz CT molecular complexity index is 465. The fourth-order valence-corrected chi connectivity index (χ4v) is 1.98. The molecule has 1 heterocycles. The van der Waals surface area contributed by atoms with Crippen molar-refractivity contribution in [2.45, 2.75) is 32.7 Å². The van der Waals surface area contributed by atoms with Gasteiger partial charge in [-0.25, -0.2) is 9.97 Å². The largest absolute Gasteiger partial charge is 0.376 e. The monoisotopic (exact) mass is 241 g/mol. The number of aryl methyl sites for hydroxylation is 1. The number of rotatable bonds is 5. The van der Waals surface area contributed by atoms with E-state index >= 15 is 0 Å². The molecule has 1 atom stereocenters. The molecule has 0 fully saturated rings. The first-order chi connectivity index (χ1) is 8.83. The second-order valence-electron chi connectivity index (χ2n) is 4.33. The molecule has 0 aliphatic carbocycles. The highest BCUT2D eigenvalue weighted by Gasteiger charge is 2.08. The third-order valence-corrected chi connectivity index (χ3v) is 3.10. The molecular weight excluding hydrogens is 222 g/mol. The van der Waals surface area contributed by atoms with Crippen LogP contribution >= 0.6 is 0 Å². The zero-order valence-corrected chi connectivity index (χ0v) is 10.9. The van der Waals surface area contributed by atoms with E-state index in [1.165, 1.54) is 11.1 Å². The van der Waals surface area contributed by atoms with Crippen molar-refractivity contribution >= 4 is 5.69 Å². The molecule has 1 aromatic carbocycles. The maximum Gasteiger partial charge on any atom is 0.115 e. The van der Waals surface area contributed by atoms with Crippen LogP contribution in [0.25, 0.3) is 0 Å².